The van der Waals surface area contributed by atoms with Crippen LogP contribution in [0, 0.1) is 5.92 Å². The van der Waals surface area contributed by atoms with Gasteiger partial charge in [-0.15, -0.1) is 0 Å². The molecule has 1 aromatic carbocycles. The maximum atomic E-state index is 12.3. The van der Waals surface area contributed by atoms with Gasteiger partial charge in [-0.3, -0.25) is 14.4 Å². The van der Waals surface area contributed by atoms with Crippen LogP contribution >= 0.6 is 11.6 Å². The molecule has 0 spiro atoms. The highest BCUT2D eigenvalue weighted by Gasteiger charge is 2.17. The van der Waals surface area contributed by atoms with Gasteiger partial charge in [0, 0.05) is 25.2 Å². The Balaban J connectivity index is 2.91. The summed E-state index contributed by atoms with van der Waals surface area (Å²) in [5, 5.41) is 11.6. The number of carboxylic acids is 1. The Kier molecular flexibility index (Phi) is 6.37. The predicted molar refractivity (Wildman–Crippen MR) is 84.1 cm³/mol. The summed E-state index contributed by atoms with van der Waals surface area (Å²) in [7, 11) is 1.50. The van der Waals surface area contributed by atoms with E-state index in [0.29, 0.717) is 5.69 Å². The largest absolute Gasteiger partial charge is 0.481 e. The van der Waals surface area contributed by atoms with Crippen molar-refractivity contribution in [1.29, 1.82) is 0 Å². The van der Waals surface area contributed by atoms with Crippen LogP contribution < -0.4 is 5.32 Å². The molecular formula is C15H19ClN2O4. The van der Waals surface area contributed by atoms with Crippen molar-refractivity contribution < 1.29 is 19.5 Å². The van der Waals surface area contributed by atoms with Crippen LogP contribution in [0.2, 0.25) is 5.02 Å². The topological polar surface area (TPSA) is 86.7 Å². The van der Waals surface area contributed by atoms with Crippen molar-refractivity contribution in [3.05, 3.63) is 28.8 Å². The number of nitrogens with one attached hydrogen (secondary N) is 1. The first-order valence-electron chi connectivity index (χ1n) is 6.80. The van der Waals surface area contributed by atoms with E-state index in [1.165, 1.54) is 24.1 Å². The minimum Gasteiger partial charge on any atom is -0.481 e. The molecule has 0 saturated carbocycles. The van der Waals surface area contributed by atoms with E-state index in [1.807, 2.05) is 0 Å². The highest BCUT2D eigenvalue weighted by atomic mass is 35.5. The van der Waals surface area contributed by atoms with E-state index < -0.39 is 11.9 Å². The Morgan fingerprint density at radius 2 is 1.95 bits per heavy atom. The molecule has 0 unspecified atom stereocenters. The Morgan fingerprint density at radius 1 is 1.32 bits per heavy atom. The number of aliphatic carboxylic acids is 1. The Hall–Kier alpha value is -2.08. The summed E-state index contributed by atoms with van der Waals surface area (Å²) in [5.74, 6) is -1.73. The standard InChI is InChI=1S/C15H19ClN2O4/c1-9(2)14(21)17-10-4-5-12(16)11(8-10)15(22)18(3)7-6-13(19)20/h4-5,8-9H,6-7H2,1-3H3,(H,17,21)(H,19,20). The first-order valence-corrected chi connectivity index (χ1v) is 7.17. The average molecular weight is 327 g/mol. The summed E-state index contributed by atoms with van der Waals surface area (Å²) in [6.45, 7) is 3.60. The number of benzene rings is 1. The lowest BCUT2D eigenvalue weighted by atomic mass is 10.1. The summed E-state index contributed by atoms with van der Waals surface area (Å²) in [5.41, 5.74) is 0.689. The smallest absolute Gasteiger partial charge is 0.305 e. The molecule has 0 aromatic heterocycles. The SMILES string of the molecule is CC(C)C(=O)Nc1ccc(Cl)c(C(=O)N(C)CCC(=O)O)c1. The number of hydrogen-bond acceptors (Lipinski definition) is 3. The maximum absolute atomic E-state index is 12.3. The quantitative estimate of drug-likeness (QED) is 0.840. The van der Waals surface area contributed by atoms with E-state index in [2.05, 4.69) is 5.32 Å². The minimum atomic E-state index is -0.983. The lowest BCUT2D eigenvalue weighted by molar-refractivity contribution is -0.137. The number of hydrogen-bond donors (Lipinski definition) is 2. The number of carbonyl (C=O) groups is 3. The van der Waals surface area contributed by atoms with Gasteiger partial charge in [0.25, 0.3) is 5.91 Å². The summed E-state index contributed by atoms with van der Waals surface area (Å²) in [4.78, 5) is 35.8. The molecule has 120 valence electrons. The molecule has 1 aromatic rings. The van der Waals surface area contributed by atoms with Gasteiger partial charge >= 0.3 is 5.97 Å². The Bertz CT molecular complexity index is 587. The minimum absolute atomic E-state index is 0.0765. The first-order chi connectivity index (χ1) is 10.2. The molecule has 0 aliphatic carbocycles. The van der Waals surface area contributed by atoms with Crippen molar-refractivity contribution in [2.75, 3.05) is 18.9 Å². The molecule has 1 rings (SSSR count). The van der Waals surface area contributed by atoms with Gasteiger partial charge in [-0.1, -0.05) is 25.4 Å². The predicted octanol–water partition coefficient (Wildman–Crippen LogP) is 2.48. The molecule has 7 heteroatoms. The van der Waals surface area contributed by atoms with Crippen molar-refractivity contribution in [3.63, 3.8) is 0 Å². The van der Waals surface area contributed by atoms with Crippen LogP contribution in [-0.2, 0) is 9.59 Å². The van der Waals surface area contributed by atoms with E-state index in [-0.39, 0.29) is 35.4 Å². The van der Waals surface area contributed by atoms with Gasteiger partial charge in [-0.25, -0.2) is 0 Å². The summed E-state index contributed by atoms with van der Waals surface area (Å²) in [6.07, 6.45) is -0.149. The van der Waals surface area contributed by atoms with Gasteiger partial charge < -0.3 is 15.3 Å². The molecule has 0 heterocycles. The van der Waals surface area contributed by atoms with Gasteiger partial charge in [0.05, 0.1) is 17.0 Å². The summed E-state index contributed by atoms with van der Waals surface area (Å²) in [6, 6.07) is 4.62. The van der Waals surface area contributed by atoms with E-state index in [9.17, 15) is 14.4 Å². The second-order valence-corrected chi connectivity index (χ2v) is 5.62. The second kappa shape index (κ2) is 7.79. The zero-order chi connectivity index (χ0) is 16.9. The monoisotopic (exact) mass is 326 g/mol. The van der Waals surface area contributed by atoms with Crippen LogP contribution in [0.5, 0.6) is 0 Å². The highest BCUT2D eigenvalue weighted by Crippen LogP contribution is 2.22. The molecule has 0 fully saturated rings. The van der Waals surface area contributed by atoms with Crippen molar-refractivity contribution >= 4 is 35.1 Å². The number of amides is 2. The molecule has 2 N–H and O–H groups in total. The Morgan fingerprint density at radius 3 is 2.50 bits per heavy atom. The van der Waals surface area contributed by atoms with E-state index in [0.717, 1.165) is 0 Å². The van der Waals surface area contributed by atoms with Gasteiger partial charge in [0.1, 0.15) is 0 Å². The van der Waals surface area contributed by atoms with E-state index >= 15 is 0 Å². The summed E-state index contributed by atoms with van der Waals surface area (Å²) < 4.78 is 0. The molecule has 0 atom stereocenters. The van der Waals surface area contributed by atoms with E-state index in [1.54, 1.807) is 19.9 Å². The van der Waals surface area contributed by atoms with E-state index in [4.69, 9.17) is 16.7 Å². The molecular weight excluding hydrogens is 308 g/mol. The fourth-order valence-corrected chi connectivity index (χ4v) is 1.82. The number of carbonyl (C=O) groups excluding carboxylic acids is 2. The summed E-state index contributed by atoms with van der Waals surface area (Å²) >= 11 is 6.02. The number of halogens is 1. The van der Waals surface area contributed by atoms with Crippen LogP contribution in [0.15, 0.2) is 18.2 Å². The maximum Gasteiger partial charge on any atom is 0.305 e. The van der Waals surface area contributed by atoms with Crippen LogP contribution in [-0.4, -0.2) is 41.4 Å². The van der Waals surface area contributed by atoms with Crippen LogP contribution in [0.25, 0.3) is 0 Å². The van der Waals surface area contributed by atoms with Crippen molar-refractivity contribution in [3.8, 4) is 0 Å². The van der Waals surface area contributed by atoms with Crippen molar-refractivity contribution in [1.82, 2.24) is 4.90 Å². The molecule has 6 nitrogen and oxygen atoms in total. The van der Waals surface area contributed by atoms with Gasteiger partial charge in [0.2, 0.25) is 5.91 Å². The van der Waals surface area contributed by atoms with Gasteiger partial charge in [-0.05, 0) is 18.2 Å². The highest BCUT2D eigenvalue weighted by molar-refractivity contribution is 6.34. The number of rotatable bonds is 6. The molecule has 0 aliphatic rings. The van der Waals surface area contributed by atoms with Crippen molar-refractivity contribution in [2.24, 2.45) is 5.92 Å². The number of carboxylic acid groups (broad SMARTS) is 1. The lowest BCUT2D eigenvalue weighted by Crippen LogP contribution is -2.29. The van der Waals surface area contributed by atoms with Gasteiger partial charge in [-0.2, -0.15) is 0 Å². The third kappa shape index (κ3) is 5.04. The third-order valence-electron chi connectivity index (χ3n) is 3.00. The molecule has 0 bridgehead atoms. The van der Waals surface area contributed by atoms with Gasteiger partial charge in [0.15, 0.2) is 0 Å². The lowest BCUT2D eigenvalue weighted by Gasteiger charge is -2.17. The number of anilines is 1. The second-order valence-electron chi connectivity index (χ2n) is 5.21. The van der Waals surface area contributed by atoms with Crippen LogP contribution in [0.4, 0.5) is 5.69 Å². The zero-order valence-electron chi connectivity index (χ0n) is 12.7. The molecule has 0 aliphatic heterocycles. The Labute approximate surface area is 134 Å². The molecule has 2 amide bonds. The fraction of sp³-hybridized carbons (Fsp3) is 0.400. The fourth-order valence-electron chi connectivity index (χ4n) is 1.62. The van der Waals surface area contributed by atoms with Crippen molar-refractivity contribution in [2.45, 2.75) is 20.3 Å². The molecule has 22 heavy (non-hydrogen) atoms. The number of nitrogens with zero attached hydrogens (tertiary/aromatic N) is 1. The molecule has 0 radical (unpaired) electrons. The first kappa shape index (κ1) is 18.0. The third-order valence-corrected chi connectivity index (χ3v) is 3.33. The average Bonchev–Trinajstić information content (AvgIpc) is 2.45. The van der Waals surface area contributed by atoms with Crippen LogP contribution in [0.1, 0.15) is 30.6 Å². The zero-order valence-corrected chi connectivity index (χ0v) is 13.5. The molecule has 0 saturated heterocycles. The normalized spacial score (nSPS) is 10.4. The van der Waals surface area contributed by atoms with Crippen LogP contribution in [0.3, 0.4) is 0 Å².